The fourth-order valence-electron chi connectivity index (χ4n) is 18.4. The molecule has 18 rings (SSSR count). The normalized spacial score (nSPS) is 18.9. The summed E-state index contributed by atoms with van der Waals surface area (Å²) >= 11 is 19.4. The summed E-state index contributed by atoms with van der Waals surface area (Å²) in [6.07, 6.45) is -0.257. The summed E-state index contributed by atoms with van der Waals surface area (Å²) in [5.41, 5.74) is 4.53. The molecule has 0 saturated carbocycles. The second-order valence-electron chi connectivity index (χ2n) is 31.7. The van der Waals surface area contributed by atoms with Gasteiger partial charge in [0.15, 0.2) is 57.2 Å². The van der Waals surface area contributed by atoms with Gasteiger partial charge in [-0.2, -0.15) is 12.6 Å². The van der Waals surface area contributed by atoms with E-state index in [1.807, 2.05) is 25.3 Å². The van der Waals surface area contributed by atoms with E-state index in [0.717, 1.165) is 49.3 Å². The number of nitrogens with two attached hydrogens (primary N) is 1. The molecule has 0 fully saturated rings. The standard InChI is InChI=1S/C21H21F2N3O5.C20H19F2N3O5.C13H15BrN2O4.C13H16N2O4.C13H16N2O3.C7H7F2N.CH2Cl2.CH3F.CH4S.CH4.BHNS.ClH.2Li.H/c1-3-25-9-12-7-14(27)16-15(18(28)19(31-2)17(21(25)30)26(12)16)20(29)24-8-10-4-5-11(22)6-13(10)23;1-2-24-8-11-6-13(26)15-14(17(27)18(28)16(20(24)30)25(11)15)19(29)23-7-9-3-4-10(21)5-12(9)22;1-3-15-5-6-4-7(17)9-8(14)11(18)12(20-2)10(13(15)19)16(6)9;1-3-14-6-7-4-9(16)8-5-10(17)12(19-2)11(13(14)18)15(7)8;1-3-14-7-9-5-4-8-6-10(16)12(18-2)11(13(14)17)15(8)9;8-6-2-1-5(4-10)7(9)3-6;2-1-3;2*1-2;;1-2-3;;;;/h4-6,12,14,27H,3,7-9H2,1-2H3,(H,24,29);3-5,11,13,26,28H,2,6-8H2,1H3,(H,23,29);6-7,17H,3-5H2,1-2H3;5,7,9,16H,3-4,6H2,1-2H3;6,9H,3-5,7H2,1-2H3;1-3H,4,10H2;1H2;1H3;2H,1H3;1H4;3H;1H;;;/q;;;;;;;;;;;;2*+1;-1/p-1/i;;;;;;;2*1D;;;;;;. The fraction of sp³-hybridized carbons (Fsp3) is 0.451. The number of aryl methyl sites for hydroxylation is 1. The van der Waals surface area contributed by atoms with Crippen LogP contribution in [0.5, 0.6) is 28.7 Å². The van der Waals surface area contributed by atoms with Crippen LogP contribution in [0.4, 0.5) is 30.7 Å². The Hall–Kier alpha value is -9.88. The smallest absolute Gasteiger partial charge is 1.00 e. The third-order valence-corrected chi connectivity index (χ3v) is 25.2. The van der Waals surface area contributed by atoms with Crippen molar-refractivity contribution in [1.29, 1.82) is 0 Å². The number of carbonyl (C=O) groups is 7. The number of likely N-dealkylation sites (N-methyl/N-ethyl adjacent to an activating group) is 5. The van der Waals surface area contributed by atoms with Crippen LogP contribution in [0.15, 0.2) is 99.5 Å². The number of alkyl halides is 3. The summed E-state index contributed by atoms with van der Waals surface area (Å²) in [6, 6.07) is 11.7. The van der Waals surface area contributed by atoms with Crippen LogP contribution in [0.25, 0.3) is 0 Å². The number of pyridine rings is 5. The number of carbonyl (C=O) groups excluding carboxylic acids is 7. The van der Waals surface area contributed by atoms with E-state index in [0.29, 0.717) is 106 Å². The zero-order chi connectivity index (χ0) is 104. The minimum atomic E-state index is -1.19. The van der Waals surface area contributed by atoms with Gasteiger partial charge in [-0.05, 0) is 87.8 Å². The van der Waals surface area contributed by atoms with Crippen molar-refractivity contribution in [2.24, 2.45) is 10.0 Å². The van der Waals surface area contributed by atoms with E-state index in [1.165, 1.54) is 66.7 Å². The predicted octanol–water partition coefficient (Wildman–Crippen LogP) is 0.860. The number of rotatable bonds is 16. The maximum Gasteiger partial charge on any atom is 1.00 e. The molecule has 1 radical (unpaired) electrons. The van der Waals surface area contributed by atoms with Crippen LogP contribution in [-0.2, 0) is 26.1 Å². The summed E-state index contributed by atoms with van der Waals surface area (Å²) in [5, 5.41) is 56.8. The number of benzene rings is 3. The average molecular weight is 2150 g/mol. The van der Waals surface area contributed by atoms with Crippen molar-refractivity contribution in [2.45, 2.75) is 155 Å². The first-order valence-corrected chi connectivity index (χ1v) is 45.8. The zero-order valence-corrected chi connectivity index (χ0v) is 84.1. The maximum absolute atomic E-state index is 13.9. The third kappa shape index (κ3) is 24.7. The molecule has 10 aliphatic rings. The number of thiol groups is 2. The Labute approximate surface area is 876 Å². The van der Waals surface area contributed by atoms with Crippen LogP contribution in [0.2, 0.25) is 0 Å². The van der Waals surface area contributed by atoms with E-state index in [1.54, 1.807) is 48.6 Å². The van der Waals surface area contributed by atoms with Gasteiger partial charge in [0.2, 0.25) is 27.1 Å². The van der Waals surface area contributed by atoms with Gasteiger partial charge in [-0.25, -0.2) is 26.3 Å². The Morgan fingerprint density at radius 2 is 0.817 bits per heavy atom. The number of nitrogens with zero attached hydrogens (tertiary/aromatic N) is 11. The first kappa shape index (κ1) is 119. The van der Waals surface area contributed by atoms with Crippen LogP contribution >= 0.6 is 64.6 Å². The molecule has 10 aliphatic heterocycles. The van der Waals surface area contributed by atoms with Gasteiger partial charge >= 0.3 is 62.5 Å². The number of aliphatic hydroxyl groups is 4. The van der Waals surface area contributed by atoms with Crippen molar-refractivity contribution >= 4 is 114 Å². The summed E-state index contributed by atoms with van der Waals surface area (Å²) in [4.78, 5) is 159. The van der Waals surface area contributed by atoms with Crippen LogP contribution in [-0.4, -0.2) is 234 Å². The monoisotopic (exact) mass is 2140 g/mol. The first-order chi connectivity index (χ1) is 66.7. The molecule has 0 saturated heterocycles. The quantitative estimate of drug-likeness (QED) is 0.0277. The van der Waals surface area contributed by atoms with Gasteiger partial charge < -0.3 is 122 Å². The van der Waals surface area contributed by atoms with Crippen molar-refractivity contribution in [3.8, 4) is 28.7 Å². The number of ether oxygens (including phenoxy) is 4. The topological polar surface area (TPSA) is 446 Å². The summed E-state index contributed by atoms with van der Waals surface area (Å²) in [6.45, 7) is 13.8. The average Bonchev–Trinajstić information content (AvgIpc) is 1.59. The zero-order valence-electron chi connectivity index (χ0n) is 81.5. The Morgan fingerprint density at radius 1 is 0.514 bits per heavy atom. The Kier molecular flexibility index (Phi) is 45.6. The molecule has 5 aromatic heterocycles. The van der Waals surface area contributed by atoms with Gasteiger partial charge in [0.1, 0.15) is 46.0 Å². The number of amides is 7. The maximum atomic E-state index is 13.9. The Bertz CT molecular complexity index is 6380. The van der Waals surface area contributed by atoms with Crippen molar-refractivity contribution in [3.63, 3.8) is 0 Å². The largest absolute Gasteiger partial charge is 1.00 e. The van der Waals surface area contributed by atoms with Gasteiger partial charge in [0.05, 0.1) is 124 Å². The van der Waals surface area contributed by atoms with E-state index in [9.17, 15) is 114 Å². The molecule has 35 nitrogen and oxygen atoms in total. The number of halogens is 11. The summed E-state index contributed by atoms with van der Waals surface area (Å²) in [5.74, 6) is -8.48. The number of hydrogen-bond acceptors (Lipinski definition) is 25. The molecule has 0 aliphatic carbocycles. The fourth-order valence-corrected chi connectivity index (χ4v) is 19.0. The van der Waals surface area contributed by atoms with E-state index in [4.69, 9.17) is 50.6 Å². The van der Waals surface area contributed by atoms with E-state index < -0.39 is 118 Å². The van der Waals surface area contributed by atoms with Gasteiger partial charge in [-0.3, -0.25) is 61.9 Å². The molecule has 7 amide bonds. The molecule has 763 valence electrons. The third-order valence-electron chi connectivity index (χ3n) is 24.5. The van der Waals surface area contributed by atoms with Crippen LogP contribution in [0, 0.1) is 34.9 Å². The summed E-state index contributed by atoms with van der Waals surface area (Å²) in [7, 11) is 8.78. The number of aliphatic hydroxyl groups excluding tert-OH is 4. The molecule has 142 heavy (non-hydrogen) atoms. The molecule has 8 aromatic rings. The first-order valence-electron chi connectivity index (χ1n) is 44.3. The molecule has 15 heterocycles. The molecule has 0 spiro atoms. The van der Waals surface area contributed by atoms with E-state index in [-0.39, 0.29) is 240 Å². The molecule has 0 bridgehead atoms. The molecular formula is C91H109BBrCl3F7Li2N14O21S2. The molecule has 51 heteroatoms. The van der Waals surface area contributed by atoms with E-state index in [2.05, 4.69) is 63.9 Å². The number of aromatic nitrogens is 5. The molecule has 9 unspecified atom stereocenters. The van der Waals surface area contributed by atoms with Gasteiger partial charge in [-0.15, -0.1) is 23.2 Å². The molecule has 9 atom stereocenters. The van der Waals surface area contributed by atoms with Crippen LogP contribution < -0.4 is 113 Å². The minimum Gasteiger partial charge on any atom is -1.00 e. The van der Waals surface area contributed by atoms with Crippen molar-refractivity contribution in [3.05, 3.63) is 242 Å². The number of methoxy groups -OCH3 is 4. The predicted molar refractivity (Wildman–Crippen MR) is 512 cm³/mol. The van der Waals surface area contributed by atoms with Gasteiger partial charge in [0.25, 0.3) is 41.4 Å². The van der Waals surface area contributed by atoms with Gasteiger partial charge in [0, 0.05) is 165 Å². The molecule has 9 N–H and O–H groups in total. The number of hydrogen-bond donors (Lipinski definition) is 10. The Balaban J connectivity index is 0.000000360. The SMILES string of the molecule is C.CCN1CC2CC(O)c3c(Br)c(=O)c(OC)c(n32)C1=O.CCN1CC2CC(O)c3c(C(=O)NCc4ccc(F)cc4F)c(=O)c(O)c(n32)C1=O.CCN1CC2CC(O)c3c(C(=O)NCc4ccc(F)cc4F)c(=O)c(OC)c(n32)C1=O.CCN1CC2CC(O)c3cc(=O)c(OC)c(n32)C1=O.CCN1CC2CCc3cc(=O)c(OC)c(n32)C1=O.ClCCl.NCc1ccc(F)cc1F.[2H]CF.[2H]CS.[B]=NS.[Cl-].[H-].[Li+].[Li+]. The molecular weight excluding hydrogens is 2030 g/mol. The minimum absolute atomic E-state index is 0. The molecule has 3 aromatic carbocycles. The van der Waals surface area contributed by atoms with Crippen LogP contribution in [0.3, 0.4) is 0 Å². The summed E-state index contributed by atoms with van der Waals surface area (Å²) < 4.78 is 132. The number of nitrogens with one attached hydrogen (secondary N) is 2. The number of aromatic hydroxyl groups is 1. The van der Waals surface area contributed by atoms with Gasteiger partial charge in [-0.1, -0.05) is 25.6 Å². The van der Waals surface area contributed by atoms with Crippen molar-refractivity contribution < 1.29 is 163 Å². The van der Waals surface area contributed by atoms with Crippen LogP contribution in [0.1, 0.15) is 251 Å². The van der Waals surface area contributed by atoms with Crippen molar-refractivity contribution in [2.75, 3.05) is 113 Å². The second-order valence-corrected chi connectivity index (χ2v) is 33.6. The second kappa shape index (κ2) is 54.3. The Morgan fingerprint density at radius 3 is 1.18 bits per heavy atom. The van der Waals surface area contributed by atoms with Crippen molar-refractivity contribution in [1.82, 2.24) is 58.0 Å². The van der Waals surface area contributed by atoms with E-state index >= 15 is 0 Å².